The molecule has 114 valence electrons. The van der Waals surface area contributed by atoms with Gasteiger partial charge in [0.15, 0.2) is 5.65 Å². The van der Waals surface area contributed by atoms with Crippen molar-refractivity contribution in [1.29, 1.82) is 0 Å². The standard InChI is InChI=1S/C16H24N4O/c1-11-15-6-12(8-18-16(15)20(2)19-11)7-17-9-13-4-3-5-14(13)10-21/h6,8,13-14,17,21H,3-5,7,9-10H2,1-2H3. The highest BCUT2D eigenvalue weighted by Gasteiger charge is 2.25. The molecular weight excluding hydrogens is 264 g/mol. The Balaban J connectivity index is 1.62. The molecule has 1 aliphatic carbocycles. The Bertz CT molecular complexity index is 622. The van der Waals surface area contributed by atoms with Gasteiger partial charge in [-0.15, -0.1) is 0 Å². The zero-order valence-corrected chi connectivity index (χ0v) is 12.8. The van der Waals surface area contributed by atoms with Gasteiger partial charge in [-0.05, 0) is 49.8 Å². The predicted octanol–water partition coefficient (Wildman–Crippen LogP) is 1.77. The second-order valence-electron chi connectivity index (χ2n) is 6.19. The number of rotatable bonds is 5. The van der Waals surface area contributed by atoms with E-state index in [1.807, 2.05) is 24.9 Å². The SMILES string of the molecule is Cc1nn(C)c2ncc(CNCC3CCCC3CO)cc12. The normalized spacial score (nSPS) is 22.2. The molecule has 1 fully saturated rings. The first-order valence-electron chi connectivity index (χ1n) is 7.79. The summed E-state index contributed by atoms with van der Waals surface area (Å²) in [4.78, 5) is 4.50. The maximum atomic E-state index is 9.36. The first-order chi connectivity index (χ1) is 10.2. The average Bonchev–Trinajstić information content (AvgIpc) is 3.04. The zero-order valence-electron chi connectivity index (χ0n) is 12.8. The van der Waals surface area contributed by atoms with Gasteiger partial charge in [0.1, 0.15) is 0 Å². The number of hydrogen-bond acceptors (Lipinski definition) is 4. The highest BCUT2D eigenvalue weighted by molar-refractivity contribution is 5.78. The largest absolute Gasteiger partial charge is 0.396 e. The van der Waals surface area contributed by atoms with Gasteiger partial charge in [0.25, 0.3) is 0 Å². The minimum atomic E-state index is 0.328. The van der Waals surface area contributed by atoms with E-state index < -0.39 is 0 Å². The Morgan fingerprint density at radius 2 is 2.19 bits per heavy atom. The molecule has 0 aliphatic heterocycles. The summed E-state index contributed by atoms with van der Waals surface area (Å²) in [5.74, 6) is 1.10. The Morgan fingerprint density at radius 1 is 1.38 bits per heavy atom. The van der Waals surface area contributed by atoms with Crippen LogP contribution in [0.1, 0.15) is 30.5 Å². The van der Waals surface area contributed by atoms with Crippen molar-refractivity contribution in [1.82, 2.24) is 20.1 Å². The van der Waals surface area contributed by atoms with Crippen LogP contribution in [0.5, 0.6) is 0 Å². The minimum Gasteiger partial charge on any atom is -0.396 e. The van der Waals surface area contributed by atoms with Gasteiger partial charge >= 0.3 is 0 Å². The fourth-order valence-electron chi connectivity index (χ4n) is 3.47. The van der Waals surface area contributed by atoms with E-state index in [0.717, 1.165) is 29.8 Å². The van der Waals surface area contributed by atoms with Crippen LogP contribution in [0.3, 0.4) is 0 Å². The molecule has 0 amide bonds. The molecule has 1 saturated carbocycles. The summed E-state index contributed by atoms with van der Waals surface area (Å²) in [6, 6.07) is 2.18. The summed E-state index contributed by atoms with van der Waals surface area (Å²) in [5, 5.41) is 18.4. The smallest absolute Gasteiger partial charge is 0.157 e. The molecule has 2 heterocycles. The number of aliphatic hydroxyl groups is 1. The van der Waals surface area contributed by atoms with Crippen molar-refractivity contribution < 1.29 is 5.11 Å². The molecule has 0 radical (unpaired) electrons. The second-order valence-corrected chi connectivity index (χ2v) is 6.19. The molecule has 2 N–H and O–H groups in total. The number of aromatic nitrogens is 3. The van der Waals surface area contributed by atoms with Gasteiger partial charge in [0.2, 0.25) is 0 Å². The Labute approximate surface area is 125 Å². The third-order valence-corrected chi connectivity index (χ3v) is 4.71. The van der Waals surface area contributed by atoms with E-state index in [9.17, 15) is 5.11 Å². The Hall–Kier alpha value is -1.46. The molecule has 0 aromatic carbocycles. The third-order valence-electron chi connectivity index (χ3n) is 4.71. The van der Waals surface area contributed by atoms with Crippen molar-refractivity contribution in [2.45, 2.75) is 32.7 Å². The zero-order chi connectivity index (χ0) is 14.8. The van der Waals surface area contributed by atoms with E-state index in [2.05, 4.69) is 21.5 Å². The number of fused-ring (bicyclic) bond motifs is 1. The molecule has 5 heteroatoms. The van der Waals surface area contributed by atoms with Crippen molar-refractivity contribution in [2.75, 3.05) is 13.2 Å². The number of nitrogens with one attached hydrogen (secondary N) is 1. The molecule has 1 aliphatic rings. The number of hydrogen-bond donors (Lipinski definition) is 2. The lowest BCUT2D eigenvalue weighted by Crippen LogP contribution is -2.26. The van der Waals surface area contributed by atoms with E-state index in [4.69, 9.17) is 0 Å². The van der Waals surface area contributed by atoms with Gasteiger partial charge in [0.05, 0.1) is 5.69 Å². The highest BCUT2D eigenvalue weighted by Crippen LogP contribution is 2.30. The lowest BCUT2D eigenvalue weighted by atomic mass is 9.97. The van der Waals surface area contributed by atoms with Crippen LogP contribution < -0.4 is 5.32 Å². The van der Waals surface area contributed by atoms with Crippen molar-refractivity contribution in [3.63, 3.8) is 0 Å². The van der Waals surface area contributed by atoms with Crippen LogP contribution in [0, 0.1) is 18.8 Å². The molecular formula is C16H24N4O. The topological polar surface area (TPSA) is 63.0 Å². The molecule has 3 rings (SSSR count). The number of aryl methyl sites for hydroxylation is 2. The molecule has 2 atom stereocenters. The van der Waals surface area contributed by atoms with Gasteiger partial charge < -0.3 is 10.4 Å². The van der Waals surface area contributed by atoms with E-state index in [0.29, 0.717) is 18.4 Å². The number of aliphatic hydroxyl groups excluding tert-OH is 1. The molecule has 2 unspecified atom stereocenters. The molecule has 5 nitrogen and oxygen atoms in total. The molecule has 0 bridgehead atoms. The summed E-state index contributed by atoms with van der Waals surface area (Å²) < 4.78 is 1.83. The van der Waals surface area contributed by atoms with E-state index in [-0.39, 0.29) is 0 Å². The average molecular weight is 288 g/mol. The lowest BCUT2D eigenvalue weighted by molar-refractivity contribution is 0.192. The van der Waals surface area contributed by atoms with Gasteiger partial charge in [-0.3, -0.25) is 4.68 Å². The Morgan fingerprint density at radius 3 is 3.00 bits per heavy atom. The van der Waals surface area contributed by atoms with Crippen LogP contribution in [0.2, 0.25) is 0 Å². The number of nitrogens with zero attached hydrogens (tertiary/aromatic N) is 3. The van der Waals surface area contributed by atoms with Crippen LogP contribution in [0.15, 0.2) is 12.3 Å². The lowest BCUT2D eigenvalue weighted by Gasteiger charge is -2.17. The van der Waals surface area contributed by atoms with Crippen LogP contribution in [0.25, 0.3) is 11.0 Å². The van der Waals surface area contributed by atoms with Crippen LogP contribution >= 0.6 is 0 Å². The third kappa shape index (κ3) is 2.94. The Kier molecular flexibility index (Phi) is 4.22. The monoisotopic (exact) mass is 288 g/mol. The number of pyridine rings is 1. The van der Waals surface area contributed by atoms with Crippen LogP contribution in [0.4, 0.5) is 0 Å². The molecule has 0 spiro atoms. The van der Waals surface area contributed by atoms with Crippen molar-refractivity contribution in [2.24, 2.45) is 18.9 Å². The summed E-state index contributed by atoms with van der Waals surface area (Å²) in [5.41, 5.74) is 3.16. The summed E-state index contributed by atoms with van der Waals surface area (Å²) >= 11 is 0. The summed E-state index contributed by atoms with van der Waals surface area (Å²) in [6.07, 6.45) is 5.58. The fourth-order valence-corrected chi connectivity index (χ4v) is 3.47. The van der Waals surface area contributed by atoms with Crippen molar-refractivity contribution >= 4 is 11.0 Å². The van der Waals surface area contributed by atoms with E-state index in [1.54, 1.807) is 0 Å². The van der Waals surface area contributed by atoms with Gasteiger partial charge in [0, 0.05) is 31.8 Å². The van der Waals surface area contributed by atoms with Gasteiger partial charge in [-0.25, -0.2) is 4.98 Å². The fraction of sp³-hybridized carbons (Fsp3) is 0.625. The van der Waals surface area contributed by atoms with E-state index in [1.165, 1.54) is 24.8 Å². The quantitative estimate of drug-likeness (QED) is 0.880. The van der Waals surface area contributed by atoms with Gasteiger partial charge in [-0.1, -0.05) is 6.42 Å². The highest BCUT2D eigenvalue weighted by atomic mass is 16.3. The first-order valence-corrected chi connectivity index (χ1v) is 7.79. The van der Waals surface area contributed by atoms with Crippen molar-refractivity contribution in [3.05, 3.63) is 23.5 Å². The molecule has 2 aromatic heterocycles. The van der Waals surface area contributed by atoms with Crippen LogP contribution in [-0.2, 0) is 13.6 Å². The maximum Gasteiger partial charge on any atom is 0.157 e. The maximum absolute atomic E-state index is 9.36. The molecule has 21 heavy (non-hydrogen) atoms. The van der Waals surface area contributed by atoms with Gasteiger partial charge in [-0.2, -0.15) is 5.10 Å². The van der Waals surface area contributed by atoms with E-state index >= 15 is 0 Å². The predicted molar refractivity (Wildman–Crippen MR) is 82.9 cm³/mol. The summed E-state index contributed by atoms with van der Waals surface area (Å²) in [7, 11) is 1.93. The first kappa shape index (κ1) is 14.5. The molecule has 2 aromatic rings. The van der Waals surface area contributed by atoms with Crippen LogP contribution in [-0.4, -0.2) is 33.0 Å². The minimum absolute atomic E-state index is 0.328. The second kappa shape index (κ2) is 6.12. The summed E-state index contributed by atoms with van der Waals surface area (Å²) in [6.45, 7) is 4.15. The van der Waals surface area contributed by atoms with Crippen molar-refractivity contribution in [3.8, 4) is 0 Å². The molecule has 0 saturated heterocycles.